The number of rotatable bonds is 5. The lowest BCUT2D eigenvalue weighted by atomic mass is 10.2. The Labute approximate surface area is 177 Å². The first kappa shape index (κ1) is 24.1. The summed E-state index contributed by atoms with van der Waals surface area (Å²) in [5.41, 5.74) is -0.677. The van der Waals surface area contributed by atoms with Crippen LogP contribution < -0.4 is 4.90 Å². The Bertz CT molecular complexity index is 879. The fourth-order valence-corrected chi connectivity index (χ4v) is 3.23. The summed E-state index contributed by atoms with van der Waals surface area (Å²) in [6.07, 6.45) is 0.236. The summed E-state index contributed by atoms with van der Waals surface area (Å²) < 4.78 is 40.9. The van der Waals surface area contributed by atoms with E-state index in [4.69, 9.17) is 9.90 Å². The smallest absolute Gasteiger partial charge is 0.433 e. The number of hydrogen-bond donors (Lipinski definition) is 1. The molecule has 170 valence electrons. The maximum Gasteiger partial charge on any atom is 0.433 e. The predicted molar refractivity (Wildman–Crippen MR) is 105 cm³/mol. The molecular formula is C19H25F3N6O3. The van der Waals surface area contributed by atoms with Crippen molar-refractivity contribution >= 4 is 18.3 Å². The van der Waals surface area contributed by atoms with Crippen molar-refractivity contribution in [3.05, 3.63) is 35.7 Å². The zero-order chi connectivity index (χ0) is 23.0. The van der Waals surface area contributed by atoms with Crippen LogP contribution in [0.2, 0.25) is 0 Å². The van der Waals surface area contributed by atoms with Gasteiger partial charge in [-0.1, -0.05) is 6.92 Å². The quantitative estimate of drug-likeness (QED) is 0.707. The largest absolute Gasteiger partial charge is 0.483 e. The third kappa shape index (κ3) is 6.66. The SMILES string of the molecule is CCc1nccn1CCC(=O)N1CCN(c2nc(C)cc(C(F)(F)F)n2)CC1.O=CO. The molecule has 0 unspecified atom stereocenters. The molecule has 1 fully saturated rings. The standard InChI is InChI=1S/C18H23F3N6O.CH2O2/c1-3-15-22-5-7-25(15)6-4-16(28)26-8-10-27(11-9-26)17-23-13(2)12-14(24-17)18(19,20)21;2-1-3/h5,7,12H,3-4,6,8-11H2,1-2H3;1H,(H,2,3). The van der Waals surface area contributed by atoms with Gasteiger partial charge in [0.1, 0.15) is 11.5 Å². The van der Waals surface area contributed by atoms with Gasteiger partial charge >= 0.3 is 6.18 Å². The molecule has 1 saturated heterocycles. The van der Waals surface area contributed by atoms with Crippen LogP contribution >= 0.6 is 0 Å². The lowest BCUT2D eigenvalue weighted by Crippen LogP contribution is -2.49. The summed E-state index contributed by atoms with van der Waals surface area (Å²) in [6, 6.07) is 0.934. The second kappa shape index (κ2) is 10.7. The van der Waals surface area contributed by atoms with E-state index in [2.05, 4.69) is 15.0 Å². The Morgan fingerprint density at radius 1 is 1.23 bits per heavy atom. The first-order chi connectivity index (χ1) is 14.7. The number of hydrogen-bond acceptors (Lipinski definition) is 6. The lowest BCUT2D eigenvalue weighted by molar-refractivity contribution is -0.141. The van der Waals surface area contributed by atoms with Crippen LogP contribution in [-0.4, -0.2) is 68.1 Å². The second-order valence-electron chi connectivity index (χ2n) is 6.81. The van der Waals surface area contributed by atoms with Gasteiger partial charge in [-0.2, -0.15) is 13.2 Å². The van der Waals surface area contributed by atoms with Crippen molar-refractivity contribution in [1.29, 1.82) is 0 Å². The molecule has 0 atom stereocenters. The van der Waals surface area contributed by atoms with Gasteiger partial charge < -0.3 is 19.5 Å². The second-order valence-corrected chi connectivity index (χ2v) is 6.81. The third-order valence-corrected chi connectivity index (χ3v) is 4.73. The molecule has 1 amide bonds. The van der Waals surface area contributed by atoms with Gasteiger partial charge in [0.15, 0.2) is 0 Å². The average molecular weight is 442 g/mol. The summed E-state index contributed by atoms with van der Waals surface area (Å²) in [7, 11) is 0. The molecule has 0 bridgehead atoms. The number of imidazole rings is 1. The van der Waals surface area contributed by atoms with E-state index in [0.29, 0.717) is 39.1 Å². The minimum Gasteiger partial charge on any atom is -0.483 e. The van der Waals surface area contributed by atoms with Crippen molar-refractivity contribution in [1.82, 2.24) is 24.4 Å². The number of nitrogens with zero attached hydrogens (tertiary/aromatic N) is 6. The lowest BCUT2D eigenvalue weighted by Gasteiger charge is -2.35. The van der Waals surface area contributed by atoms with Crippen LogP contribution in [0.15, 0.2) is 18.5 Å². The fourth-order valence-electron chi connectivity index (χ4n) is 3.23. The van der Waals surface area contributed by atoms with Crippen LogP contribution in [0.3, 0.4) is 0 Å². The average Bonchev–Trinajstić information content (AvgIpc) is 3.19. The first-order valence-corrected chi connectivity index (χ1v) is 9.73. The van der Waals surface area contributed by atoms with Gasteiger partial charge in [-0.15, -0.1) is 0 Å². The fraction of sp³-hybridized carbons (Fsp3) is 0.526. The molecule has 1 aliphatic rings. The van der Waals surface area contributed by atoms with Crippen LogP contribution in [0.5, 0.6) is 0 Å². The number of amides is 1. The predicted octanol–water partition coefficient (Wildman–Crippen LogP) is 2.00. The van der Waals surface area contributed by atoms with Crippen molar-refractivity contribution in [3.8, 4) is 0 Å². The van der Waals surface area contributed by atoms with Gasteiger partial charge in [-0.25, -0.2) is 15.0 Å². The highest BCUT2D eigenvalue weighted by Crippen LogP contribution is 2.29. The number of carbonyl (C=O) groups is 2. The van der Waals surface area contributed by atoms with Crippen molar-refractivity contribution in [3.63, 3.8) is 0 Å². The van der Waals surface area contributed by atoms with E-state index >= 15 is 0 Å². The van der Waals surface area contributed by atoms with Crippen LogP contribution in [0.1, 0.15) is 30.6 Å². The Balaban J connectivity index is 0.00000107. The van der Waals surface area contributed by atoms with Crippen LogP contribution in [0.25, 0.3) is 0 Å². The maximum absolute atomic E-state index is 13.0. The summed E-state index contributed by atoms with van der Waals surface area (Å²) >= 11 is 0. The number of aromatic nitrogens is 4. The van der Waals surface area contributed by atoms with E-state index < -0.39 is 11.9 Å². The molecule has 31 heavy (non-hydrogen) atoms. The molecule has 12 heteroatoms. The number of halogens is 3. The van der Waals surface area contributed by atoms with Crippen molar-refractivity contribution in [2.45, 2.75) is 39.4 Å². The summed E-state index contributed by atoms with van der Waals surface area (Å²) in [5.74, 6) is 1.02. The summed E-state index contributed by atoms with van der Waals surface area (Å²) in [6.45, 7) is 5.51. The minimum absolute atomic E-state index is 0.0246. The monoisotopic (exact) mass is 442 g/mol. The number of alkyl halides is 3. The highest BCUT2D eigenvalue weighted by molar-refractivity contribution is 5.76. The van der Waals surface area contributed by atoms with Crippen LogP contribution in [0.4, 0.5) is 19.1 Å². The number of carbonyl (C=O) groups excluding carboxylic acids is 1. The van der Waals surface area contributed by atoms with Gasteiger partial charge in [0.2, 0.25) is 11.9 Å². The van der Waals surface area contributed by atoms with Gasteiger partial charge in [0.05, 0.1) is 0 Å². The molecule has 0 radical (unpaired) electrons. The van der Waals surface area contributed by atoms with E-state index in [1.165, 1.54) is 6.92 Å². The normalized spacial score (nSPS) is 14.1. The number of carboxylic acid groups (broad SMARTS) is 1. The van der Waals surface area contributed by atoms with Crippen molar-refractivity contribution in [2.75, 3.05) is 31.1 Å². The number of piperazine rings is 1. The molecule has 1 aliphatic heterocycles. The Hall–Kier alpha value is -3.18. The molecule has 3 rings (SSSR count). The topological polar surface area (TPSA) is 104 Å². The molecule has 1 N–H and O–H groups in total. The first-order valence-electron chi connectivity index (χ1n) is 9.73. The van der Waals surface area contributed by atoms with Crippen molar-refractivity contribution < 1.29 is 27.9 Å². The van der Waals surface area contributed by atoms with Gasteiger partial charge in [-0.3, -0.25) is 9.59 Å². The number of anilines is 1. The summed E-state index contributed by atoms with van der Waals surface area (Å²) in [4.78, 5) is 36.3. The molecule has 0 spiro atoms. The highest BCUT2D eigenvalue weighted by atomic mass is 19.4. The minimum atomic E-state index is -4.51. The molecule has 0 aliphatic carbocycles. The van der Waals surface area contributed by atoms with E-state index in [-0.39, 0.29) is 24.0 Å². The molecular weight excluding hydrogens is 417 g/mol. The molecule has 2 aromatic heterocycles. The van der Waals surface area contributed by atoms with E-state index in [1.807, 2.05) is 17.7 Å². The Morgan fingerprint density at radius 3 is 2.45 bits per heavy atom. The van der Waals surface area contributed by atoms with Gasteiger partial charge in [-0.05, 0) is 13.0 Å². The van der Waals surface area contributed by atoms with E-state index in [9.17, 15) is 18.0 Å². The maximum atomic E-state index is 13.0. The molecule has 0 aromatic carbocycles. The molecule has 2 aromatic rings. The molecule has 0 saturated carbocycles. The number of aryl methyl sites for hydroxylation is 3. The van der Waals surface area contributed by atoms with Crippen LogP contribution in [-0.2, 0) is 28.7 Å². The zero-order valence-corrected chi connectivity index (χ0v) is 17.3. The van der Waals surface area contributed by atoms with E-state index in [0.717, 1.165) is 18.3 Å². The third-order valence-electron chi connectivity index (χ3n) is 4.73. The molecule has 3 heterocycles. The van der Waals surface area contributed by atoms with E-state index in [1.54, 1.807) is 16.0 Å². The van der Waals surface area contributed by atoms with Gasteiger partial charge in [0.25, 0.3) is 6.47 Å². The zero-order valence-electron chi connectivity index (χ0n) is 17.3. The summed E-state index contributed by atoms with van der Waals surface area (Å²) in [5, 5.41) is 6.89. The molecule has 9 nitrogen and oxygen atoms in total. The van der Waals surface area contributed by atoms with Crippen LogP contribution in [0, 0.1) is 6.92 Å². The Morgan fingerprint density at radius 2 is 1.87 bits per heavy atom. The highest BCUT2D eigenvalue weighted by Gasteiger charge is 2.34. The Kier molecular flexibility index (Phi) is 8.34. The van der Waals surface area contributed by atoms with Gasteiger partial charge in [0, 0.05) is 63.7 Å². The van der Waals surface area contributed by atoms with Crippen molar-refractivity contribution in [2.24, 2.45) is 0 Å².